The number of aromatic nitrogens is 1. The summed E-state index contributed by atoms with van der Waals surface area (Å²) in [6.07, 6.45) is 1.15. The summed E-state index contributed by atoms with van der Waals surface area (Å²) in [5.41, 5.74) is 3.22. The molecule has 0 unspecified atom stereocenters. The van der Waals surface area contributed by atoms with Gasteiger partial charge in [0.1, 0.15) is 5.01 Å². The van der Waals surface area contributed by atoms with Crippen LogP contribution in [0.2, 0.25) is 0 Å². The molecular formula is C21H18N2OS2. The predicted octanol–water partition coefficient (Wildman–Crippen LogP) is 4.93. The number of carbonyl (C=O) groups is 1. The Morgan fingerprint density at radius 2 is 1.92 bits per heavy atom. The third kappa shape index (κ3) is 3.84. The van der Waals surface area contributed by atoms with Gasteiger partial charge >= 0.3 is 0 Å². The number of thiazole rings is 1. The summed E-state index contributed by atoms with van der Waals surface area (Å²) in [5.74, 6) is 0.0207. The fraction of sp³-hybridized carbons (Fsp3) is 0.143. The Morgan fingerprint density at radius 1 is 1.04 bits per heavy atom. The Bertz CT molecular complexity index is 1020. The molecule has 5 heteroatoms. The summed E-state index contributed by atoms with van der Waals surface area (Å²) >= 11 is 3.24. The van der Waals surface area contributed by atoms with Crippen LogP contribution in [-0.4, -0.2) is 17.4 Å². The van der Waals surface area contributed by atoms with Crippen molar-refractivity contribution in [2.75, 3.05) is 6.54 Å². The zero-order valence-corrected chi connectivity index (χ0v) is 15.8. The van der Waals surface area contributed by atoms with Gasteiger partial charge in [-0.2, -0.15) is 11.3 Å². The fourth-order valence-electron chi connectivity index (χ4n) is 2.98. The third-order valence-corrected chi connectivity index (χ3v) is 5.88. The number of nitrogens with zero attached hydrogens (tertiary/aromatic N) is 1. The highest BCUT2D eigenvalue weighted by Gasteiger charge is 2.09. The maximum Gasteiger partial charge on any atom is 0.226 e. The largest absolute Gasteiger partial charge is 0.355 e. The molecule has 0 atom stereocenters. The smallest absolute Gasteiger partial charge is 0.226 e. The molecular weight excluding hydrogens is 360 g/mol. The van der Waals surface area contributed by atoms with E-state index in [0.29, 0.717) is 13.0 Å². The monoisotopic (exact) mass is 378 g/mol. The normalized spacial score (nSPS) is 10.9. The van der Waals surface area contributed by atoms with Crippen LogP contribution in [0.3, 0.4) is 0 Å². The van der Waals surface area contributed by atoms with E-state index in [2.05, 4.69) is 58.1 Å². The molecule has 0 saturated carbocycles. The molecule has 4 rings (SSSR count). The maximum absolute atomic E-state index is 12.2. The van der Waals surface area contributed by atoms with Crippen LogP contribution in [0.25, 0.3) is 21.3 Å². The van der Waals surface area contributed by atoms with Crippen molar-refractivity contribution in [2.45, 2.75) is 12.8 Å². The van der Waals surface area contributed by atoms with Crippen molar-refractivity contribution in [3.8, 4) is 10.6 Å². The number of rotatable bonds is 6. The quantitative estimate of drug-likeness (QED) is 0.517. The Kier molecular flexibility index (Phi) is 5.09. The first-order valence-electron chi connectivity index (χ1n) is 8.50. The van der Waals surface area contributed by atoms with Crippen molar-refractivity contribution in [1.29, 1.82) is 0 Å². The Labute approximate surface area is 160 Å². The van der Waals surface area contributed by atoms with Crippen LogP contribution in [-0.2, 0) is 17.6 Å². The standard InChI is InChI=1S/C21H18N2OS2/c24-20(12-18-14-26-21(23-18)17-9-11-25-13-17)22-10-8-16-6-3-5-15-4-1-2-7-19(15)16/h1-7,9,11,13-14H,8,10,12H2,(H,22,24). The topological polar surface area (TPSA) is 42.0 Å². The van der Waals surface area contributed by atoms with Gasteiger partial charge in [0, 0.05) is 22.9 Å². The summed E-state index contributed by atoms with van der Waals surface area (Å²) in [6.45, 7) is 0.633. The molecule has 2 heterocycles. The molecule has 3 nitrogen and oxygen atoms in total. The molecule has 1 N–H and O–H groups in total. The van der Waals surface area contributed by atoms with Gasteiger partial charge in [-0.25, -0.2) is 4.98 Å². The lowest BCUT2D eigenvalue weighted by Gasteiger charge is -2.07. The molecule has 2 aromatic heterocycles. The van der Waals surface area contributed by atoms with Gasteiger partial charge in [0.25, 0.3) is 0 Å². The number of benzene rings is 2. The van der Waals surface area contributed by atoms with E-state index in [1.54, 1.807) is 22.7 Å². The van der Waals surface area contributed by atoms with Crippen LogP contribution >= 0.6 is 22.7 Å². The highest BCUT2D eigenvalue weighted by Crippen LogP contribution is 2.25. The number of nitrogens with one attached hydrogen (secondary N) is 1. The molecule has 26 heavy (non-hydrogen) atoms. The fourth-order valence-corrected chi connectivity index (χ4v) is 4.51. The first-order chi connectivity index (χ1) is 12.8. The highest BCUT2D eigenvalue weighted by molar-refractivity contribution is 7.14. The van der Waals surface area contributed by atoms with Crippen LogP contribution in [0, 0.1) is 0 Å². The zero-order chi connectivity index (χ0) is 17.8. The average Bonchev–Trinajstić information content (AvgIpc) is 3.33. The summed E-state index contributed by atoms with van der Waals surface area (Å²) in [5, 5.41) is 12.6. The molecule has 2 aromatic carbocycles. The van der Waals surface area contributed by atoms with E-state index in [1.807, 2.05) is 16.8 Å². The second kappa shape index (κ2) is 7.81. The van der Waals surface area contributed by atoms with Gasteiger partial charge in [-0.1, -0.05) is 42.5 Å². The zero-order valence-electron chi connectivity index (χ0n) is 14.1. The number of amides is 1. The molecule has 0 spiro atoms. The van der Waals surface area contributed by atoms with Gasteiger partial charge in [0.05, 0.1) is 12.1 Å². The van der Waals surface area contributed by atoms with Crippen LogP contribution in [0.4, 0.5) is 0 Å². The minimum atomic E-state index is 0.0207. The van der Waals surface area contributed by atoms with E-state index < -0.39 is 0 Å². The number of hydrogen-bond acceptors (Lipinski definition) is 4. The predicted molar refractivity (Wildman–Crippen MR) is 110 cm³/mol. The molecule has 0 bridgehead atoms. The summed E-state index contributed by atoms with van der Waals surface area (Å²) in [7, 11) is 0. The lowest BCUT2D eigenvalue weighted by molar-refractivity contribution is -0.120. The van der Waals surface area contributed by atoms with E-state index in [0.717, 1.165) is 22.7 Å². The number of hydrogen-bond donors (Lipinski definition) is 1. The lowest BCUT2D eigenvalue weighted by Crippen LogP contribution is -2.27. The van der Waals surface area contributed by atoms with E-state index in [1.165, 1.54) is 16.3 Å². The molecule has 0 aliphatic carbocycles. The van der Waals surface area contributed by atoms with Crippen LogP contribution < -0.4 is 5.32 Å². The molecule has 130 valence electrons. The van der Waals surface area contributed by atoms with E-state index in [9.17, 15) is 4.79 Å². The van der Waals surface area contributed by atoms with Crippen LogP contribution in [0.1, 0.15) is 11.3 Å². The average molecular weight is 379 g/mol. The first kappa shape index (κ1) is 16.9. The van der Waals surface area contributed by atoms with Gasteiger partial charge in [-0.05, 0) is 34.2 Å². The Hall–Kier alpha value is -2.50. The van der Waals surface area contributed by atoms with Gasteiger partial charge in [0.2, 0.25) is 5.91 Å². The van der Waals surface area contributed by atoms with Crippen molar-refractivity contribution in [3.63, 3.8) is 0 Å². The van der Waals surface area contributed by atoms with Crippen molar-refractivity contribution in [1.82, 2.24) is 10.3 Å². The van der Waals surface area contributed by atoms with Crippen molar-refractivity contribution < 1.29 is 4.79 Å². The number of carbonyl (C=O) groups excluding carboxylic acids is 1. The molecule has 1 amide bonds. The summed E-state index contributed by atoms with van der Waals surface area (Å²) < 4.78 is 0. The summed E-state index contributed by atoms with van der Waals surface area (Å²) in [4.78, 5) is 16.8. The highest BCUT2D eigenvalue weighted by atomic mass is 32.1. The SMILES string of the molecule is O=C(Cc1csc(-c2ccsc2)n1)NCCc1cccc2ccccc12. The van der Waals surface area contributed by atoms with E-state index in [-0.39, 0.29) is 5.91 Å². The second-order valence-electron chi connectivity index (χ2n) is 6.07. The summed E-state index contributed by atoms with van der Waals surface area (Å²) in [6, 6.07) is 16.7. The van der Waals surface area contributed by atoms with Gasteiger partial charge in [-0.15, -0.1) is 11.3 Å². The van der Waals surface area contributed by atoms with Crippen LogP contribution in [0.15, 0.2) is 64.7 Å². The molecule has 0 saturated heterocycles. The van der Waals surface area contributed by atoms with Gasteiger partial charge in [0.15, 0.2) is 0 Å². The Balaban J connectivity index is 1.33. The van der Waals surface area contributed by atoms with Gasteiger partial charge in [-0.3, -0.25) is 4.79 Å². The number of thiophene rings is 1. The molecule has 4 aromatic rings. The van der Waals surface area contributed by atoms with Crippen molar-refractivity contribution in [3.05, 3.63) is 75.9 Å². The molecule has 0 radical (unpaired) electrons. The minimum Gasteiger partial charge on any atom is -0.355 e. The van der Waals surface area contributed by atoms with Crippen molar-refractivity contribution >= 4 is 39.4 Å². The molecule has 0 aliphatic heterocycles. The van der Waals surface area contributed by atoms with E-state index >= 15 is 0 Å². The number of fused-ring (bicyclic) bond motifs is 1. The van der Waals surface area contributed by atoms with Crippen LogP contribution in [0.5, 0.6) is 0 Å². The maximum atomic E-state index is 12.2. The first-order valence-corrected chi connectivity index (χ1v) is 10.3. The Morgan fingerprint density at radius 3 is 2.81 bits per heavy atom. The molecule has 0 fully saturated rings. The second-order valence-corrected chi connectivity index (χ2v) is 7.71. The van der Waals surface area contributed by atoms with Gasteiger partial charge < -0.3 is 5.32 Å². The lowest BCUT2D eigenvalue weighted by atomic mass is 10.0. The minimum absolute atomic E-state index is 0.0207. The molecule has 0 aliphatic rings. The van der Waals surface area contributed by atoms with Crippen molar-refractivity contribution in [2.24, 2.45) is 0 Å². The van der Waals surface area contributed by atoms with E-state index in [4.69, 9.17) is 0 Å². The third-order valence-electron chi connectivity index (χ3n) is 4.26.